The fourth-order valence-electron chi connectivity index (χ4n) is 1.49. The zero-order valence-corrected chi connectivity index (χ0v) is 10.7. The molecule has 1 aromatic carbocycles. The average Bonchev–Trinajstić information content (AvgIpc) is 2.26. The highest BCUT2D eigenvalue weighted by atomic mass is 35.6. The Labute approximate surface area is 109 Å². The van der Waals surface area contributed by atoms with Gasteiger partial charge in [-0.1, -0.05) is 34.8 Å². The van der Waals surface area contributed by atoms with Crippen LogP contribution in [0, 0.1) is 0 Å². The maximum Gasteiger partial charge on any atom is 0.234 e. The quantitative estimate of drug-likeness (QED) is 0.802. The number of nitrogens with one attached hydrogen (secondary N) is 1. The molecule has 2 rings (SSSR count). The van der Waals surface area contributed by atoms with Crippen LogP contribution in [-0.4, -0.2) is 17.1 Å². The van der Waals surface area contributed by atoms with Gasteiger partial charge in [-0.05, 0) is 18.2 Å². The van der Waals surface area contributed by atoms with Crippen LogP contribution in [0.4, 0.5) is 5.69 Å². The Morgan fingerprint density at radius 1 is 1.44 bits per heavy atom. The Morgan fingerprint density at radius 3 is 2.81 bits per heavy atom. The van der Waals surface area contributed by atoms with Gasteiger partial charge in [0.25, 0.3) is 0 Å². The molecule has 16 heavy (non-hydrogen) atoms. The van der Waals surface area contributed by atoms with E-state index in [1.54, 1.807) is 7.11 Å². The summed E-state index contributed by atoms with van der Waals surface area (Å²) in [7, 11) is 1.61. The van der Waals surface area contributed by atoms with Gasteiger partial charge >= 0.3 is 0 Å². The van der Waals surface area contributed by atoms with Crippen molar-refractivity contribution in [3.05, 3.63) is 23.8 Å². The molecule has 0 radical (unpaired) electrons. The molecule has 1 N–H and O–H groups in total. The van der Waals surface area contributed by atoms with Gasteiger partial charge in [0, 0.05) is 11.3 Å². The fraction of sp³-hybridized carbons (Fsp3) is 0.400. The van der Waals surface area contributed by atoms with Crippen LogP contribution in [-0.2, 0) is 11.3 Å². The van der Waals surface area contributed by atoms with E-state index in [4.69, 9.17) is 44.3 Å². The second-order valence-electron chi connectivity index (χ2n) is 3.40. The number of benzene rings is 1. The molecule has 0 aliphatic carbocycles. The third kappa shape index (κ3) is 2.48. The minimum absolute atomic E-state index is 0.387. The maximum absolute atomic E-state index is 5.76. The topological polar surface area (TPSA) is 30.5 Å². The number of methoxy groups -OCH3 is 1. The molecule has 0 fully saturated rings. The lowest BCUT2D eigenvalue weighted by atomic mass is 10.1. The molecule has 3 nitrogen and oxygen atoms in total. The minimum atomic E-state index is -1.49. The van der Waals surface area contributed by atoms with Crippen molar-refractivity contribution >= 4 is 40.5 Å². The standard InChI is InChI=1S/C10H10Cl3NO2/c1-15-7-2-3-8-6(4-7)5-16-9(14-8)10(11,12)13/h2-4,9,14H,5H2,1H3. The van der Waals surface area contributed by atoms with Crippen LogP contribution >= 0.6 is 34.8 Å². The molecule has 0 bridgehead atoms. The molecule has 0 aromatic heterocycles. The van der Waals surface area contributed by atoms with Crippen molar-refractivity contribution < 1.29 is 9.47 Å². The third-order valence-corrected chi connectivity index (χ3v) is 2.90. The van der Waals surface area contributed by atoms with E-state index in [-0.39, 0.29) is 0 Å². The molecule has 1 aromatic rings. The zero-order chi connectivity index (χ0) is 11.8. The Kier molecular flexibility index (Phi) is 3.40. The highest BCUT2D eigenvalue weighted by Crippen LogP contribution is 2.37. The van der Waals surface area contributed by atoms with Crippen molar-refractivity contribution in [3.8, 4) is 5.75 Å². The molecule has 6 heteroatoms. The summed E-state index contributed by atoms with van der Waals surface area (Å²) in [6, 6.07) is 5.60. The smallest absolute Gasteiger partial charge is 0.234 e. The monoisotopic (exact) mass is 281 g/mol. The van der Waals surface area contributed by atoms with Crippen molar-refractivity contribution in [2.75, 3.05) is 12.4 Å². The van der Waals surface area contributed by atoms with Gasteiger partial charge in [0.15, 0.2) is 6.23 Å². The SMILES string of the molecule is COc1ccc2c(c1)COC(C(Cl)(Cl)Cl)N2. The van der Waals surface area contributed by atoms with Gasteiger partial charge in [0.2, 0.25) is 3.79 Å². The first-order valence-electron chi connectivity index (χ1n) is 4.62. The van der Waals surface area contributed by atoms with E-state index in [1.165, 1.54) is 0 Å². The molecule has 0 saturated carbocycles. The molecular formula is C10H10Cl3NO2. The van der Waals surface area contributed by atoms with Gasteiger partial charge in [0.05, 0.1) is 13.7 Å². The number of ether oxygens (including phenoxy) is 2. The highest BCUT2D eigenvalue weighted by Gasteiger charge is 2.36. The summed E-state index contributed by atoms with van der Waals surface area (Å²) < 4.78 is 9.03. The Balaban J connectivity index is 2.22. The Bertz CT molecular complexity index is 392. The summed E-state index contributed by atoms with van der Waals surface area (Å²) in [6.45, 7) is 0.387. The third-order valence-electron chi connectivity index (χ3n) is 2.30. The number of halogens is 3. The van der Waals surface area contributed by atoms with E-state index < -0.39 is 10.0 Å². The maximum atomic E-state index is 5.76. The van der Waals surface area contributed by atoms with Gasteiger partial charge in [-0.2, -0.15) is 0 Å². The molecule has 88 valence electrons. The van der Waals surface area contributed by atoms with E-state index in [0.29, 0.717) is 6.61 Å². The molecule has 1 aliphatic rings. The summed E-state index contributed by atoms with van der Waals surface area (Å²) in [5, 5.41) is 3.01. The van der Waals surface area contributed by atoms with Crippen molar-refractivity contribution in [1.29, 1.82) is 0 Å². The molecule has 1 atom stereocenters. The lowest BCUT2D eigenvalue weighted by molar-refractivity contribution is 0.0537. The highest BCUT2D eigenvalue weighted by molar-refractivity contribution is 6.68. The average molecular weight is 283 g/mol. The predicted octanol–water partition coefficient (Wildman–Crippen LogP) is 3.33. The Morgan fingerprint density at radius 2 is 2.19 bits per heavy atom. The van der Waals surface area contributed by atoms with Crippen LogP contribution in [0.15, 0.2) is 18.2 Å². The van der Waals surface area contributed by atoms with E-state index >= 15 is 0 Å². The van der Waals surface area contributed by atoms with Crippen LogP contribution in [0.25, 0.3) is 0 Å². The predicted molar refractivity (Wildman–Crippen MR) is 65.5 cm³/mol. The first-order valence-corrected chi connectivity index (χ1v) is 5.76. The molecule has 1 aliphatic heterocycles. The summed E-state index contributed by atoms with van der Waals surface area (Å²) in [5.41, 5.74) is 1.87. The normalized spacial score (nSPS) is 19.9. The fourth-order valence-corrected chi connectivity index (χ4v) is 1.84. The van der Waals surface area contributed by atoms with E-state index in [9.17, 15) is 0 Å². The number of fused-ring (bicyclic) bond motifs is 1. The van der Waals surface area contributed by atoms with Gasteiger partial charge in [-0.15, -0.1) is 0 Å². The number of alkyl halides is 3. The molecule has 0 amide bonds. The summed E-state index contributed by atoms with van der Waals surface area (Å²) in [4.78, 5) is 0. The number of hydrogen-bond donors (Lipinski definition) is 1. The van der Waals surface area contributed by atoms with Crippen LogP contribution in [0.3, 0.4) is 0 Å². The first-order chi connectivity index (χ1) is 7.50. The van der Waals surface area contributed by atoms with Crippen LogP contribution in [0.1, 0.15) is 5.56 Å². The van der Waals surface area contributed by atoms with Gasteiger partial charge in [-0.25, -0.2) is 0 Å². The van der Waals surface area contributed by atoms with Gasteiger partial charge in [-0.3, -0.25) is 0 Å². The summed E-state index contributed by atoms with van der Waals surface area (Å²) in [5.74, 6) is 0.775. The molecular weight excluding hydrogens is 272 g/mol. The van der Waals surface area contributed by atoms with Crippen LogP contribution in [0.2, 0.25) is 0 Å². The minimum Gasteiger partial charge on any atom is -0.497 e. The van der Waals surface area contributed by atoms with Crippen molar-refractivity contribution in [2.45, 2.75) is 16.6 Å². The number of rotatable bonds is 1. The first kappa shape index (κ1) is 12.1. The molecule has 1 unspecified atom stereocenters. The van der Waals surface area contributed by atoms with Crippen LogP contribution in [0.5, 0.6) is 5.75 Å². The van der Waals surface area contributed by atoms with Crippen molar-refractivity contribution in [3.63, 3.8) is 0 Å². The van der Waals surface area contributed by atoms with Gasteiger partial charge in [0.1, 0.15) is 5.75 Å². The second-order valence-corrected chi connectivity index (χ2v) is 5.77. The number of hydrogen-bond acceptors (Lipinski definition) is 3. The Hall–Kier alpha value is -0.350. The van der Waals surface area contributed by atoms with Crippen LogP contribution < -0.4 is 10.1 Å². The summed E-state index contributed by atoms with van der Waals surface area (Å²) in [6.07, 6.45) is -0.640. The molecule has 0 saturated heterocycles. The van der Waals surface area contributed by atoms with Crippen molar-refractivity contribution in [1.82, 2.24) is 0 Å². The zero-order valence-electron chi connectivity index (χ0n) is 8.47. The van der Waals surface area contributed by atoms with E-state index in [2.05, 4.69) is 5.32 Å². The van der Waals surface area contributed by atoms with Gasteiger partial charge < -0.3 is 14.8 Å². The molecule has 1 heterocycles. The number of anilines is 1. The van der Waals surface area contributed by atoms with E-state index in [1.807, 2.05) is 18.2 Å². The van der Waals surface area contributed by atoms with E-state index in [0.717, 1.165) is 17.0 Å². The second kappa shape index (κ2) is 4.49. The summed E-state index contributed by atoms with van der Waals surface area (Å²) >= 11 is 17.3. The largest absolute Gasteiger partial charge is 0.497 e. The lowest BCUT2D eigenvalue weighted by Crippen LogP contribution is -2.39. The molecule has 0 spiro atoms. The lowest BCUT2D eigenvalue weighted by Gasteiger charge is -2.31. The van der Waals surface area contributed by atoms with Crippen molar-refractivity contribution in [2.24, 2.45) is 0 Å².